The molecule has 2 unspecified atom stereocenters. The zero-order valence-corrected chi connectivity index (χ0v) is 11.6. The zero-order valence-electron chi connectivity index (χ0n) is 10.8. The predicted octanol–water partition coefficient (Wildman–Crippen LogP) is 0.444. The van der Waals surface area contributed by atoms with Crippen LogP contribution in [0.2, 0.25) is 0 Å². The van der Waals surface area contributed by atoms with E-state index in [2.05, 4.69) is 0 Å². The van der Waals surface area contributed by atoms with Gasteiger partial charge in [0.1, 0.15) is 0 Å². The first-order valence-electron chi connectivity index (χ1n) is 6.05. The summed E-state index contributed by atoms with van der Waals surface area (Å²) in [5.74, 6) is 0.465. The molecule has 5 nitrogen and oxygen atoms in total. The maximum atomic E-state index is 12.3. The van der Waals surface area contributed by atoms with Crippen LogP contribution < -0.4 is 0 Å². The Bertz CT molecular complexity index is 326. The Morgan fingerprint density at radius 3 is 2.41 bits per heavy atom. The molecule has 17 heavy (non-hydrogen) atoms. The summed E-state index contributed by atoms with van der Waals surface area (Å²) in [6.45, 7) is 3.88. The second-order valence-electron chi connectivity index (χ2n) is 4.72. The molecule has 0 aromatic carbocycles. The molecule has 1 aliphatic rings. The van der Waals surface area contributed by atoms with Crippen LogP contribution in [0.25, 0.3) is 0 Å². The molecule has 0 aromatic heterocycles. The highest BCUT2D eigenvalue weighted by Gasteiger charge is 2.39. The van der Waals surface area contributed by atoms with Crippen LogP contribution >= 0.6 is 0 Å². The number of nitrogens with zero attached hydrogens (tertiary/aromatic N) is 1. The summed E-state index contributed by atoms with van der Waals surface area (Å²) in [6, 6.07) is 0.00384. The van der Waals surface area contributed by atoms with E-state index in [1.165, 1.54) is 11.2 Å². The molecular formula is C11H23NO4S. The average Bonchev–Trinajstić information content (AvgIpc) is 3.11. The number of rotatable bonds is 8. The van der Waals surface area contributed by atoms with Crippen molar-refractivity contribution in [1.29, 1.82) is 0 Å². The van der Waals surface area contributed by atoms with Gasteiger partial charge in [0.2, 0.25) is 10.0 Å². The molecule has 0 bridgehead atoms. The predicted molar refractivity (Wildman–Crippen MR) is 66.2 cm³/mol. The van der Waals surface area contributed by atoms with E-state index in [9.17, 15) is 8.42 Å². The molecular weight excluding hydrogens is 242 g/mol. The highest BCUT2D eigenvalue weighted by atomic mass is 32.2. The van der Waals surface area contributed by atoms with E-state index < -0.39 is 15.3 Å². The minimum atomic E-state index is -3.42. The number of ether oxygens (including phenoxy) is 1. The number of hydrogen-bond acceptors (Lipinski definition) is 4. The fraction of sp³-hybridized carbons (Fsp3) is 1.00. The van der Waals surface area contributed by atoms with Gasteiger partial charge in [-0.3, -0.25) is 0 Å². The molecule has 1 saturated carbocycles. The SMILES string of the molecule is COCCN(C(C)C1CC1)S(=O)(=O)C(C)CO. The Balaban J connectivity index is 2.80. The van der Waals surface area contributed by atoms with Gasteiger partial charge in [0.25, 0.3) is 0 Å². The summed E-state index contributed by atoms with van der Waals surface area (Å²) in [4.78, 5) is 0. The molecule has 0 spiro atoms. The molecule has 1 rings (SSSR count). The lowest BCUT2D eigenvalue weighted by Crippen LogP contribution is -2.46. The largest absolute Gasteiger partial charge is 0.395 e. The average molecular weight is 265 g/mol. The molecule has 1 aliphatic carbocycles. The quantitative estimate of drug-likeness (QED) is 0.692. The molecule has 6 heteroatoms. The number of sulfonamides is 1. The van der Waals surface area contributed by atoms with Crippen LogP contribution in [0.3, 0.4) is 0 Å². The van der Waals surface area contributed by atoms with Crippen molar-refractivity contribution < 1.29 is 18.3 Å². The summed E-state index contributed by atoms with van der Waals surface area (Å²) < 4.78 is 31.0. The van der Waals surface area contributed by atoms with Crippen LogP contribution in [0.15, 0.2) is 0 Å². The van der Waals surface area contributed by atoms with Gasteiger partial charge in [0.15, 0.2) is 0 Å². The van der Waals surface area contributed by atoms with E-state index >= 15 is 0 Å². The second kappa shape index (κ2) is 6.13. The monoisotopic (exact) mass is 265 g/mol. The molecule has 0 heterocycles. The Morgan fingerprint density at radius 1 is 1.41 bits per heavy atom. The van der Waals surface area contributed by atoms with Crippen molar-refractivity contribution >= 4 is 10.0 Å². The van der Waals surface area contributed by atoms with E-state index in [4.69, 9.17) is 9.84 Å². The van der Waals surface area contributed by atoms with Crippen molar-refractivity contribution in [2.45, 2.75) is 38.0 Å². The topological polar surface area (TPSA) is 66.8 Å². The van der Waals surface area contributed by atoms with Gasteiger partial charge in [-0.15, -0.1) is 0 Å². The second-order valence-corrected chi connectivity index (χ2v) is 7.02. The van der Waals surface area contributed by atoms with Gasteiger partial charge in [0, 0.05) is 19.7 Å². The van der Waals surface area contributed by atoms with Crippen molar-refractivity contribution in [2.24, 2.45) is 5.92 Å². The zero-order chi connectivity index (χ0) is 13.1. The Morgan fingerprint density at radius 2 is 2.00 bits per heavy atom. The molecule has 1 N–H and O–H groups in total. The summed E-state index contributed by atoms with van der Waals surface area (Å²) in [5.41, 5.74) is 0. The summed E-state index contributed by atoms with van der Waals surface area (Å²) in [6.07, 6.45) is 2.18. The van der Waals surface area contributed by atoms with E-state index in [-0.39, 0.29) is 12.6 Å². The van der Waals surface area contributed by atoms with Gasteiger partial charge >= 0.3 is 0 Å². The van der Waals surface area contributed by atoms with Gasteiger partial charge < -0.3 is 9.84 Å². The van der Waals surface area contributed by atoms with E-state index in [0.29, 0.717) is 19.1 Å². The van der Waals surface area contributed by atoms with Gasteiger partial charge in [-0.2, -0.15) is 4.31 Å². The normalized spacial score (nSPS) is 20.5. The standard InChI is InChI=1S/C11H23NO4S/c1-9(8-13)17(14,15)12(6-7-16-3)10(2)11-4-5-11/h9-11,13H,4-8H2,1-3H3. The summed E-state index contributed by atoms with van der Waals surface area (Å²) in [7, 11) is -1.87. The molecule has 0 aliphatic heterocycles. The highest BCUT2D eigenvalue weighted by molar-refractivity contribution is 7.89. The van der Waals surface area contributed by atoms with Crippen LogP contribution in [0.4, 0.5) is 0 Å². The van der Waals surface area contributed by atoms with Gasteiger partial charge in [0.05, 0.1) is 18.5 Å². The fourth-order valence-corrected chi connectivity index (χ4v) is 3.50. The third-order valence-corrected chi connectivity index (χ3v) is 5.70. The maximum absolute atomic E-state index is 12.3. The fourth-order valence-electron chi connectivity index (χ4n) is 1.88. The van der Waals surface area contributed by atoms with Crippen molar-refractivity contribution in [2.75, 3.05) is 26.9 Å². The highest BCUT2D eigenvalue weighted by Crippen LogP contribution is 2.36. The molecule has 2 atom stereocenters. The van der Waals surface area contributed by atoms with E-state index in [1.54, 1.807) is 7.11 Å². The smallest absolute Gasteiger partial charge is 0.219 e. The Kier molecular flexibility index (Phi) is 5.37. The molecule has 0 aromatic rings. The molecule has 0 amide bonds. The van der Waals surface area contributed by atoms with Gasteiger partial charge in [-0.1, -0.05) is 0 Å². The lowest BCUT2D eigenvalue weighted by atomic mass is 10.2. The number of hydrogen-bond donors (Lipinski definition) is 1. The minimum Gasteiger partial charge on any atom is -0.395 e. The number of methoxy groups -OCH3 is 1. The number of aliphatic hydroxyl groups is 1. The lowest BCUT2D eigenvalue weighted by molar-refractivity contribution is 0.163. The summed E-state index contributed by atoms with van der Waals surface area (Å²) in [5, 5.41) is 8.29. The maximum Gasteiger partial charge on any atom is 0.219 e. The minimum absolute atomic E-state index is 0.00384. The molecule has 102 valence electrons. The third-order valence-electron chi connectivity index (χ3n) is 3.37. The van der Waals surface area contributed by atoms with Crippen LogP contribution in [-0.2, 0) is 14.8 Å². The first kappa shape index (κ1) is 14.9. The van der Waals surface area contributed by atoms with E-state index in [0.717, 1.165) is 12.8 Å². The van der Waals surface area contributed by atoms with Crippen molar-refractivity contribution in [3.63, 3.8) is 0 Å². The van der Waals surface area contributed by atoms with Crippen molar-refractivity contribution in [1.82, 2.24) is 4.31 Å². The third kappa shape index (κ3) is 3.64. The summed E-state index contributed by atoms with van der Waals surface area (Å²) >= 11 is 0. The van der Waals surface area contributed by atoms with Crippen LogP contribution in [0, 0.1) is 5.92 Å². The first-order valence-corrected chi connectivity index (χ1v) is 7.56. The molecule has 0 saturated heterocycles. The van der Waals surface area contributed by atoms with Crippen LogP contribution in [0.1, 0.15) is 26.7 Å². The van der Waals surface area contributed by atoms with Crippen LogP contribution in [0.5, 0.6) is 0 Å². The Hall–Kier alpha value is -0.170. The Labute approximate surface area is 104 Å². The van der Waals surface area contributed by atoms with Gasteiger partial charge in [-0.25, -0.2) is 8.42 Å². The van der Waals surface area contributed by atoms with Crippen molar-refractivity contribution in [3.05, 3.63) is 0 Å². The lowest BCUT2D eigenvalue weighted by Gasteiger charge is -2.30. The van der Waals surface area contributed by atoms with E-state index in [1.807, 2.05) is 6.92 Å². The molecule has 1 fully saturated rings. The van der Waals surface area contributed by atoms with Crippen molar-refractivity contribution in [3.8, 4) is 0 Å². The van der Waals surface area contributed by atoms with Crippen LogP contribution in [-0.4, -0.2) is 56.0 Å². The van der Waals surface area contributed by atoms with Gasteiger partial charge in [-0.05, 0) is 32.6 Å². The number of aliphatic hydroxyl groups excluding tert-OH is 1. The molecule has 0 radical (unpaired) electrons. The first-order chi connectivity index (χ1) is 7.95.